The lowest BCUT2D eigenvalue weighted by Crippen LogP contribution is -2.21. The predicted octanol–water partition coefficient (Wildman–Crippen LogP) is 4.27. The molecule has 0 aliphatic heterocycles. The van der Waals surface area contributed by atoms with Gasteiger partial charge in [0.25, 0.3) is 0 Å². The first kappa shape index (κ1) is 15.7. The van der Waals surface area contributed by atoms with Gasteiger partial charge in [0.2, 0.25) is 0 Å². The number of nitriles is 1. The van der Waals surface area contributed by atoms with Gasteiger partial charge in [-0.2, -0.15) is 5.26 Å². The molecule has 0 saturated carbocycles. The van der Waals surface area contributed by atoms with Crippen LogP contribution in [-0.2, 0) is 11.5 Å². The molecule has 2 rings (SSSR count). The highest BCUT2D eigenvalue weighted by molar-refractivity contribution is 6.76. The standard InChI is InChI=1S/C16H21FN2OSi/c1-12-10-19(11-20-5-6-21(2,3)4)16-7-13(9-18)15(17)8-14(12)16/h7-8,10H,5-6,11H2,1-4H3. The van der Waals surface area contributed by atoms with Gasteiger partial charge in [0, 0.05) is 26.3 Å². The summed E-state index contributed by atoms with van der Waals surface area (Å²) in [6.45, 7) is 10.0. The second-order valence-corrected chi connectivity index (χ2v) is 12.2. The molecule has 1 heterocycles. The Labute approximate surface area is 126 Å². The van der Waals surface area contributed by atoms with Crippen LogP contribution in [-0.4, -0.2) is 19.2 Å². The molecule has 112 valence electrons. The van der Waals surface area contributed by atoms with Crippen LogP contribution in [0.25, 0.3) is 10.9 Å². The first-order valence-electron chi connectivity index (χ1n) is 7.08. The van der Waals surface area contributed by atoms with Crippen molar-refractivity contribution in [2.75, 3.05) is 6.61 Å². The summed E-state index contributed by atoms with van der Waals surface area (Å²) in [6, 6.07) is 6.03. The third kappa shape index (κ3) is 3.72. The lowest BCUT2D eigenvalue weighted by atomic mass is 10.1. The molecule has 3 nitrogen and oxygen atoms in total. The third-order valence-electron chi connectivity index (χ3n) is 3.52. The molecular weight excluding hydrogens is 283 g/mol. The van der Waals surface area contributed by atoms with E-state index in [0.717, 1.165) is 29.1 Å². The van der Waals surface area contributed by atoms with E-state index in [0.29, 0.717) is 6.73 Å². The van der Waals surface area contributed by atoms with Crippen molar-refractivity contribution in [1.29, 1.82) is 5.26 Å². The minimum atomic E-state index is -1.09. The van der Waals surface area contributed by atoms with Crippen molar-refractivity contribution < 1.29 is 9.13 Å². The summed E-state index contributed by atoms with van der Waals surface area (Å²) in [5.74, 6) is -0.467. The lowest BCUT2D eigenvalue weighted by Gasteiger charge is -2.15. The molecule has 0 unspecified atom stereocenters. The Morgan fingerprint density at radius 1 is 1.33 bits per heavy atom. The number of aryl methyl sites for hydroxylation is 1. The van der Waals surface area contributed by atoms with Crippen molar-refractivity contribution in [3.8, 4) is 6.07 Å². The molecule has 0 amide bonds. The highest BCUT2D eigenvalue weighted by Gasteiger charge is 2.13. The molecule has 0 aliphatic rings. The second kappa shape index (κ2) is 6.00. The van der Waals surface area contributed by atoms with Gasteiger partial charge < -0.3 is 9.30 Å². The van der Waals surface area contributed by atoms with Gasteiger partial charge in [-0.1, -0.05) is 19.6 Å². The molecule has 2 aromatic rings. The molecule has 0 bridgehead atoms. The zero-order valence-electron chi connectivity index (χ0n) is 13.0. The Morgan fingerprint density at radius 2 is 2.05 bits per heavy atom. The smallest absolute Gasteiger partial charge is 0.141 e. The van der Waals surface area contributed by atoms with Crippen molar-refractivity contribution in [3.05, 3.63) is 35.3 Å². The van der Waals surface area contributed by atoms with Gasteiger partial charge in [0.1, 0.15) is 18.6 Å². The summed E-state index contributed by atoms with van der Waals surface area (Å²) in [5.41, 5.74) is 1.91. The summed E-state index contributed by atoms with van der Waals surface area (Å²) in [5, 5.41) is 9.79. The highest BCUT2D eigenvalue weighted by atomic mass is 28.3. The number of aromatic nitrogens is 1. The highest BCUT2D eigenvalue weighted by Crippen LogP contribution is 2.24. The number of benzene rings is 1. The van der Waals surface area contributed by atoms with E-state index >= 15 is 0 Å². The fourth-order valence-electron chi connectivity index (χ4n) is 2.22. The average molecular weight is 304 g/mol. The molecule has 0 spiro atoms. The first-order valence-corrected chi connectivity index (χ1v) is 10.8. The number of ether oxygens (including phenoxy) is 1. The predicted molar refractivity (Wildman–Crippen MR) is 85.5 cm³/mol. The maximum Gasteiger partial charge on any atom is 0.141 e. The van der Waals surface area contributed by atoms with Crippen LogP contribution in [0.2, 0.25) is 25.7 Å². The lowest BCUT2D eigenvalue weighted by molar-refractivity contribution is 0.0902. The number of hydrogen-bond donors (Lipinski definition) is 0. The molecule has 0 atom stereocenters. The van der Waals surface area contributed by atoms with E-state index in [1.54, 1.807) is 6.07 Å². The van der Waals surface area contributed by atoms with Gasteiger partial charge in [-0.15, -0.1) is 0 Å². The van der Waals surface area contributed by atoms with E-state index in [2.05, 4.69) is 19.6 Å². The van der Waals surface area contributed by atoms with Gasteiger partial charge in [-0.3, -0.25) is 0 Å². The molecule has 21 heavy (non-hydrogen) atoms. The maximum atomic E-state index is 13.7. The minimum Gasteiger partial charge on any atom is -0.361 e. The Kier molecular flexibility index (Phi) is 4.50. The van der Waals surface area contributed by atoms with Crippen LogP contribution in [0.4, 0.5) is 4.39 Å². The molecule has 0 aliphatic carbocycles. The quantitative estimate of drug-likeness (QED) is 0.611. The maximum absolute atomic E-state index is 13.7. The van der Waals surface area contributed by atoms with E-state index in [4.69, 9.17) is 10.00 Å². The van der Waals surface area contributed by atoms with E-state index < -0.39 is 13.9 Å². The molecule has 0 saturated heterocycles. The van der Waals surface area contributed by atoms with Crippen LogP contribution < -0.4 is 0 Å². The van der Waals surface area contributed by atoms with Gasteiger partial charge in [0.15, 0.2) is 0 Å². The molecule has 1 aromatic carbocycles. The molecule has 0 N–H and O–H groups in total. The van der Waals surface area contributed by atoms with Crippen molar-refractivity contribution >= 4 is 19.0 Å². The number of rotatable bonds is 5. The first-order chi connectivity index (χ1) is 9.81. The normalized spacial score (nSPS) is 11.8. The van der Waals surface area contributed by atoms with Gasteiger partial charge in [0.05, 0.1) is 11.1 Å². The van der Waals surface area contributed by atoms with E-state index in [9.17, 15) is 4.39 Å². The number of fused-ring (bicyclic) bond motifs is 1. The minimum absolute atomic E-state index is 0.0731. The monoisotopic (exact) mass is 304 g/mol. The third-order valence-corrected chi connectivity index (χ3v) is 5.22. The van der Waals surface area contributed by atoms with Crippen LogP contribution in [0.1, 0.15) is 11.1 Å². The Balaban J connectivity index is 2.19. The van der Waals surface area contributed by atoms with Crippen LogP contribution in [0.15, 0.2) is 18.3 Å². The SMILES string of the molecule is Cc1cn(COCC[Si](C)(C)C)c2cc(C#N)c(F)cc12. The summed E-state index contributed by atoms with van der Waals surface area (Å²) >= 11 is 0. The molecule has 5 heteroatoms. The van der Waals surface area contributed by atoms with Crippen molar-refractivity contribution in [3.63, 3.8) is 0 Å². The molecule has 1 aromatic heterocycles. The fraction of sp³-hybridized carbons (Fsp3) is 0.438. The van der Waals surface area contributed by atoms with Crippen LogP contribution in [0.3, 0.4) is 0 Å². The fourth-order valence-corrected chi connectivity index (χ4v) is 2.98. The molecule has 0 fully saturated rings. The van der Waals surface area contributed by atoms with E-state index in [1.807, 2.05) is 23.8 Å². The molecule has 0 radical (unpaired) electrons. The summed E-state index contributed by atoms with van der Waals surface area (Å²) in [6.07, 6.45) is 1.94. The number of hydrogen-bond acceptors (Lipinski definition) is 2. The van der Waals surface area contributed by atoms with Crippen molar-refractivity contribution in [1.82, 2.24) is 4.57 Å². The summed E-state index contributed by atoms with van der Waals surface area (Å²) in [4.78, 5) is 0. The summed E-state index contributed by atoms with van der Waals surface area (Å²) in [7, 11) is -1.09. The average Bonchev–Trinajstić information content (AvgIpc) is 2.69. The van der Waals surface area contributed by atoms with Crippen molar-refractivity contribution in [2.45, 2.75) is 39.3 Å². The Morgan fingerprint density at radius 3 is 2.67 bits per heavy atom. The number of nitrogens with zero attached hydrogens (tertiary/aromatic N) is 2. The zero-order valence-corrected chi connectivity index (χ0v) is 14.0. The largest absolute Gasteiger partial charge is 0.361 e. The van der Waals surface area contributed by atoms with Gasteiger partial charge >= 0.3 is 0 Å². The van der Waals surface area contributed by atoms with Crippen molar-refractivity contribution in [2.24, 2.45) is 0 Å². The topological polar surface area (TPSA) is 38.0 Å². The van der Waals surface area contributed by atoms with E-state index in [1.165, 1.54) is 6.07 Å². The van der Waals surface area contributed by atoms with Crippen LogP contribution >= 0.6 is 0 Å². The van der Waals surface area contributed by atoms with Crippen LogP contribution in [0, 0.1) is 24.1 Å². The van der Waals surface area contributed by atoms with Crippen LogP contribution in [0.5, 0.6) is 0 Å². The summed E-state index contributed by atoms with van der Waals surface area (Å²) < 4.78 is 21.4. The number of halogens is 1. The van der Waals surface area contributed by atoms with Gasteiger partial charge in [-0.05, 0) is 30.7 Å². The zero-order chi connectivity index (χ0) is 15.6. The Hall–Kier alpha value is -1.64. The second-order valence-electron chi connectivity index (χ2n) is 6.59. The molecular formula is C16H21FN2OSi. The Bertz CT molecular complexity index is 695. The van der Waals surface area contributed by atoms with Gasteiger partial charge in [-0.25, -0.2) is 4.39 Å². The van der Waals surface area contributed by atoms with E-state index in [-0.39, 0.29) is 5.56 Å².